The third-order valence-electron chi connectivity index (χ3n) is 8.89. The van der Waals surface area contributed by atoms with Crippen molar-refractivity contribution in [1.82, 2.24) is 15.2 Å². The third-order valence-corrected chi connectivity index (χ3v) is 8.89. The van der Waals surface area contributed by atoms with Crippen LogP contribution < -0.4 is 5.32 Å². The molecule has 192 valence electrons. The van der Waals surface area contributed by atoms with Crippen molar-refractivity contribution in [2.24, 2.45) is 5.41 Å². The molecule has 6 nitrogen and oxygen atoms in total. The summed E-state index contributed by atoms with van der Waals surface area (Å²) in [6.07, 6.45) is 11.0. The molecule has 2 heterocycles. The van der Waals surface area contributed by atoms with Gasteiger partial charge in [-0.1, -0.05) is 63.4 Å². The normalized spacial score (nSPS) is 24.3. The van der Waals surface area contributed by atoms with Crippen LogP contribution in [0.3, 0.4) is 0 Å². The van der Waals surface area contributed by atoms with E-state index in [2.05, 4.69) is 40.3 Å². The molecule has 1 aliphatic heterocycles. The number of fused-ring (bicyclic) bond motifs is 2. The zero-order chi connectivity index (χ0) is 25.2. The number of piperidine rings is 1. The topological polar surface area (TPSA) is 71.5 Å². The minimum Gasteiger partial charge on any atom is -0.370 e. The van der Waals surface area contributed by atoms with Gasteiger partial charge >= 0.3 is 0 Å². The van der Waals surface area contributed by atoms with Crippen molar-refractivity contribution in [2.45, 2.75) is 89.4 Å². The van der Waals surface area contributed by atoms with Gasteiger partial charge in [0.2, 0.25) is 11.8 Å². The van der Waals surface area contributed by atoms with Crippen LogP contribution in [0.4, 0.5) is 0 Å². The van der Waals surface area contributed by atoms with Crippen molar-refractivity contribution < 1.29 is 14.3 Å². The highest BCUT2D eigenvalue weighted by Gasteiger charge is 2.55. The summed E-state index contributed by atoms with van der Waals surface area (Å²) in [5.74, 6) is 0.353. The van der Waals surface area contributed by atoms with Crippen LogP contribution in [0.2, 0.25) is 0 Å². The fraction of sp³-hybridized carbons (Fsp3) is 0.567. The number of rotatable bonds is 6. The minimum absolute atomic E-state index is 0.0275. The number of ether oxygens (including phenoxy) is 1. The molecule has 1 aromatic heterocycles. The first kappa shape index (κ1) is 24.9. The zero-order valence-corrected chi connectivity index (χ0v) is 21.7. The molecule has 6 heteroatoms. The van der Waals surface area contributed by atoms with Crippen LogP contribution in [0.1, 0.15) is 87.9 Å². The van der Waals surface area contributed by atoms with Crippen molar-refractivity contribution >= 4 is 11.8 Å². The SMILES string of the molecule is CCC(=O)N[C@@H]1c2ccccc2C2(CCN(C(=O)C3(C)CCCCC3)CC2)[C@H]1OCc1cccnc1. The Labute approximate surface area is 214 Å². The highest BCUT2D eigenvalue weighted by atomic mass is 16.5. The molecule has 2 aliphatic carbocycles. The molecular formula is C30H39N3O3. The van der Waals surface area contributed by atoms with Crippen LogP contribution in [-0.4, -0.2) is 40.9 Å². The number of pyridine rings is 1. The molecule has 1 spiro atoms. The maximum absolute atomic E-state index is 13.6. The Bertz CT molecular complexity index is 1070. The van der Waals surface area contributed by atoms with E-state index < -0.39 is 0 Å². The molecule has 2 amide bonds. The summed E-state index contributed by atoms with van der Waals surface area (Å²) in [4.78, 5) is 32.5. The maximum Gasteiger partial charge on any atom is 0.228 e. The van der Waals surface area contributed by atoms with E-state index in [1.54, 1.807) is 6.20 Å². The predicted molar refractivity (Wildman–Crippen MR) is 139 cm³/mol. The quantitative estimate of drug-likeness (QED) is 0.614. The first-order chi connectivity index (χ1) is 17.5. The number of carbonyl (C=O) groups excluding carboxylic acids is 2. The van der Waals surface area contributed by atoms with Gasteiger partial charge in [-0.05, 0) is 48.4 Å². The summed E-state index contributed by atoms with van der Waals surface area (Å²) in [5.41, 5.74) is 2.97. The Morgan fingerprint density at radius 2 is 1.81 bits per heavy atom. The standard InChI is InChI=1S/C30H39N3O3/c1-3-25(34)32-26-23-11-5-6-12-24(23)30(27(26)36-21-22-10-9-17-31-20-22)15-18-33(19-16-30)28(35)29(2)13-7-4-8-14-29/h5-6,9-12,17,20,26-27H,3-4,7-8,13-16,18-19,21H2,1-2H3,(H,32,34)/t26-,27+/m1/s1. The van der Waals surface area contributed by atoms with E-state index in [-0.39, 0.29) is 28.9 Å². The molecule has 0 radical (unpaired) electrons. The van der Waals surface area contributed by atoms with Gasteiger partial charge in [-0.15, -0.1) is 0 Å². The molecule has 2 atom stereocenters. The molecule has 36 heavy (non-hydrogen) atoms. The number of nitrogens with zero attached hydrogens (tertiary/aromatic N) is 2. The molecule has 1 aromatic carbocycles. The van der Waals surface area contributed by atoms with Crippen LogP contribution in [0.5, 0.6) is 0 Å². The van der Waals surface area contributed by atoms with Crippen molar-refractivity contribution in [1.29, 1.82) is 0 Å². The molecule has 3 aliphatic rings. The van der Waals surface area contributed by atoms with Gasteiger partial charge in [-0.25, -0.2) is 0 Å². The van der Waals surface area contributed by atoms with Gasteiger partial charge in [-0.2, -0.15) is 0 Å². The summed E-state index contributed by atoms with van der Waals surface area (Å²) >= 11 is 0. The van der Waals surface area contributed by atoms with E-state index >= 15 is 0 Å². The van der Waals surface area contributed by atoms with Crippen LogP contribution in [-0.2, 0) is 26.3 Å². The minimum atomic E-state index is -0.241. The van der Waals surface area contributed by atoms with Crippen LogP contribution in [0, 0.1) is 5.41 Å². The molecule has 1 N–H and O–H groups in total. The van der Waals surface area contributed by atoms with E-state index in [1.165, 1.54) is 12.0 Å². The summed E-state index contributed by atoms with van der Waals surface area (Å²) < 4.78 is 6.70. The molecule has 1 saturated carbocycles. The molecule has 2 aromatic rings. The van der Waals surface area contributed by atoms with Crippen molar-refractivity contribution in [3.05, 3.63) is 65.5 Å². The summed E-state index contributed by atoms with van der Waals surface area (Å²) in [7, 11) is 0. The van der Waals surface area contributed by atoms with E-state index in [0.29, 0.717) is 18.9 Å². The molecule has 1 saturated heterocycles. The first-order valence-corrected chi connectivity index (χ1v) is 13.7. The van der Waals surface area contributed by atoms with Gasteiger partial charge in [0, 0.05) is 42.7 Å². The lowest BCUT2D eigenvalue weighted by Gasteiger charge is -2.46. The van der Waals surface area contributed by atoms with Gasteiger partial charge in [0.15, 0.2) is 0 Å². The Balaban J connectivity index is 1.42. The van der Waals surface area contributed by atoms with Crippen molar-refractivity contribution in [3.63, 3.8) is 0 Å². The van der Waals surface area contributed by atoms with Crippen molar-refractivity contribution in [3.8, 4) is 0 Å². The lowest BCUT2D eigenvalue weighted by molar-refractivity contribution is -0.146. The molecular weight excluding hydrogens is 450 g/mol. The summed E-state index contributed by atoms with van der Waals surface area (Å²) in [6.45, 7) is 5.94. The molecule has 0 unspecified atom stereocenters. The Hall–Kier alpha value is -2.73. The predicted octanol–water partition coefficient (Wildman–Crippen LogP) is 5.08. The summed E-state index contributed by atoms with van der Waals surface area (Å²) in [6, 6.07) is 12.2. The molecule has 0 bridgehead atoms. The second kappa shape index (κ2) is 10.3. The second-order valence-corrected chi connectivity index (χ2v) is 11.1. The first-order valence-electron chi connectivity index (χ1n) is 13.7. The Morgan fingerprint density at radius 1 is 1.06 bits per heavy atom. The van der Waals surface area contributed by atoms with Gasteiger partial charge in [-0.3, -0.25) is 14.6 Å². The third kappa shape index (κ3) is 4.56. The number of benzene rings is 1. The van der Waals surface area contributed by atoms with Gasteiger partial charge in [0.1, 0.15) is 0 Å². The smallest absolute Gasteiger partial charge is 0.228 e. The number of carbonyl (C=O) groups is 2. The van der Waals surface area contributed by atoms with Crippen LogP contribution >= 0.6 is 0 Å². The number of hydrogen-bond donors (Lipinski definition) is 1. The number of amides is 2. The molecule has 2 fully saturated rings. The fourth-order valence-electron chi connectivity index (χ4n) is 6.80. The Kier molecular flexibility index (Phi) is 7.16. The van der Waals surface area contributed by atoms with Crippen LogP contribution in [0.25, 0.3) is 0 Å². The highest BCUT2D eigenvalue weighted by molar-refractivity contribution is 5.82. The van der Waals surface area contributed by atoms with Gasteiger partial charge in [0.25, 0.3) is 0 Å². The average molecular weight is 490 g/mol. The number of likely N-dealkylation sites (tertiary alicyclic amines) is 1. The van der Waals surface area contributed by atoms with Gasteiger partial charge < -0.3 is 15.0 Å². The van der Waals surface area contributed by atoms with Crippen LogP contribution in [0.15, 0.2) is 48.8 Å². The second-order valence-electron chi connectivity index (χ2n) is 11.1. The highest BCUT2D eigenvalue weighted by Crippen LogP contribution is 2.53. The van der Waals surface area contributed by atoms with E-state index in [1.807, 2.05) is 31.3 Å². The zero-order valence-electron chi connectivity index (χ0n) is 21.7. The fourth-order valence-corrected chi connectivity index (χ4v) is 6.80. The Morgan fingerprint density at radius 3 is 2.50 bits per heavy atom. The van der Waals surface area contributed by atoms with Crippen molar-refractivity contribution in [2.75, 3.05) is 13.1 Å². The average Bonchev–Trinajstić information content (AvgIpc) is 3.16. The largest absolute Gasteiger partial charge is 0.370 e. The number of nitrogens with one attached hydrogen (secondary N) is 1. The number of hydrogen-bond acceptors (Lipinski definition) is 4. The number of aromatic nitrogens is 1. The lowest BCUT2D eigenvalue weighted by atomic mass is 9.70. The van der Waals surface area contributed by atoms with E-state index in [4.69, 9.17) is 4.74 Å². The van der Waals surface area contributed by atoms with E-state index in [0.717, 1.165) is 62.7 Å². The molecule has 5 rings (SSSR count). The lowest BCUT2D eigenvalue weighted by Crippen LogP contribution is -2.54. The van der Waals surface area contributed by atoms with E-state index in [9.17, 15) is 9.59 Å². The van der Waals surface area contributed by atoms with Gasteiger partial charge in [0.05, 0.1) is 18.8 Å². The summed E-state index contributed by atoms with van der Waals surface area (Å²) in [5, 5.41) is 3.27. The maximum atomic E-state index is 13.6. The monoisotopic (exact) mass is 489 g/mol.